The summed E-state index contributed by atoms with van der Waals surface area (Å²) in [7, 11) is 0. The molecule has 0 atom stereocenters. The summed E-state index contributed by atoms with van der Waals surface area (Å²) in [5.74, 6) is -0.508. The first-order valence-electron chi connectivity index (χ1n) is 5.55. The minimum atomic E-state index is -0.794. The van der Waals surface area contributed by atoms with Gasteiger partial charge in [-0.3, -0.25) is 4.79 Å². The number of carbonyl (C=O) groups excluding carboxylic acids is 2. The quantitative estimate of drug-likeness (QED) is 0.609. The molecule has 6 heteroatoms. The van der Waals surface area contributed by atoms with Gasteiger partial charge in [0.1, 0.15) is 13.2 Å². The molecule has 1 rings (SSSR count). The van der Waals surface area contributed by atoms with Gasteiger partial charge >= 0.3 is 12.1 Å². The van der Waals surface area contributed by atoms with E-state index in [4.69, 9.17) is 14.2 Å². The molecule has 0 amide bonds. The van der Waals surface area contributed by atoms with Crippen molar-refractivity contribution in [1.29, 1.82) is 0 Å². The fourth-order valence-corrected chi connectivity index (χ4v) is 1.74. The van der Waals surface area contributed by atoms with E-state index in [-0.39, 0.29) is 25.1 Å². The molecule has 1 aromatic rings. The zero-order valence-corrected chi connectivity index (χ0v) is 11.4. The summed E-state index contributed by atoms with van der Waals surface area (Å²) in [6, 6.07) is 1.74. The molecule has 100 valence electrons. The molecule has 0 aliphatic rings. The molecule has 0 N–H and O–H groups in total. The van der Waals surface area contributed by atoms with Gasteiger partial charge < -0.3 is 14.2 Å². The summed E-state index contributed by atoms with van der Waals surface area (Å²) in [6.07, 6.45) is -0.794. The van der Waals surface area contributed by atoms with E-state index >= 15 is 0 Å². The minimum Gasteiger partial charge on any atom is -0.462 e. The van der Waals surface area contributed by atoms with Crippen LogP contribution in [0.5, 0.6) is 5.06 Å². The Hall–Kier alpha value is -1.56. The first-order valence-corrected chi connectivity index (χ1v) is 6.43. The predicted octanol–water partition coefficient (Wildman–Crippen LogP) is 2.77. The van der Waals surface area contributed by atoms with Crippen molar-refractivity contribution in [1.82, 2.24) is 0 Å². The molecule has 1 heterocycles. The van der Waals surface area contributed by atoms with Crippen LogP contribution in [0.2, 0.25) is 0 Å². The summed E-state index contributed by atoms with van der Waals surface area (Å²) in [5.41, 5.74) is 1.02. The number of esters is 1. The third kappa shape index (κ3) is 5.18. The largest absolute Gasteiger partial charge is 0.514 e. The van der Waals surface area contributed by atoms with Crippen LogP contribution in [0.4, 0.5) is 4.79 Å². The highest BCUT2D eigenvalue weighted by Crippen LogP contribution is 2.22. The molecule has 0 radical (unpaired) electrons. The number of carbonyl (C=O) groups is 2. The van der Waals surface area contributed by atoms with Gasteiger partial charge in [-0.15, -0.1) is 11.3 Å². The van der Waals surface area contributed by atoms with E-state index in [1.807, 2.05) is 12.3 Å². The second-order valence-corrected chi connectivity index (χ2v) is 4.84. The van der Waals surface area contributed by atoms with Crippen LogP contribution in [0.1, 0.15) is 19.4 Å². The first kappa shape index (κ1) is 14.5. The summed E-state index contributed by atoms with van der Waals surface area (Å²) < 4.78 is 14.5. The average molecular weight is 272 g/mol. The first-order chi connectivity index (χ1) is 8.49. The van der Waals surface area contributed by atoms with Gasteiger partial charge in [-0.2, -0.15) is 0 Å². The lowest BCUT2D eigenvalue weighted by Gasteiger charge is -2.07. The van der Waals surface area contributed by atoms with Crippen LogP contribution in [-0.2, 0) is 14.3 Å². The van der Waals surface area contributed by atoms with E-state index in [9.17, 15) is 9.59 Å². The fourth-order valence-electron chi connectivity index (χ4n) is 1.00. The predicted molar refractivity (Wildman–Crippen MR) is 66.8 cm³/mol. The second-order valence-electron chi connectivity index (χ2n) is 3.97. The number of hydrogen-bond donors (Lipinski definition) is 0. The molecule has 0 bridgehead atoms. The van der Waals surface area contributed by atoms with Crippen LogP contribution in [0, 0.1) is 12.8 Å². The summed E-state index contributed by atoms with van der Waals surface area (Å²) in [4.78, 5) is 22.3. The van der Waals surface area contributed by atoms with Crippen molar-refractivity contribution < 1.29 is 23.8 Å². The van der Waals surface area contributed by atoms with Crippen molar-refractivity contribution in [3.05, 3.63) is 17.0 Å². The van der Waals surface area contributed by atoms with Gasteiger partial charge in [0.2, 0.25) is 0 Å². The standard InChI is InChI=1S/C12H16O5S/c1-8(2)11(13)15-4-5-16-12(14)17-10-6-9(3)7-18-10/h6-8H,4-5H2,1-3H3. The molecule has 0 aromatic carbocycles. The van der Waals surface area contributed by atoms with Crippen LogP contribution >= 0.6 is 11.3 Å². The second kappa shape index (κ2) is 7.00. The van der Waals surface area contributed by atoms with Crippen molar-refractivity contribution in [2.45, 2.75) is 20.8 Å². The third-order valence-electron chi connectivity index (χ3n) is 1.91. The van der Waals surface area contributed by atoms with Gasteiger partial charge in [0.15, 0.2) is 5.06 Å². The lowest BCUT2D eigenvalue weighted by atomic mass is 10.2. The Morgan fingerprint density at radius 2 is 1.94 bits per heavy atom. The van der Waals surface area contributed by atoms with Crippen LogP contribution in [0.25, 0.3) is 0 Å². The molecule has 1 aromatic heterocycles. The zero-order valence-electron chi connectivity index (χ0n) is 10.6. The van der Waals surface area contributed by atoms with Crippen molar-refractivity contribution >= 4 is 23.5 Å². The molecule has 0 aliphatic carbocycles. The van der Waals surface area contributed by atoms with E-state index in [0.29, 0.717) is 5.06 Å². The summed E-state index contributed by atoms with van der Waals surface area (Å²) in [6.45, 7) is 5.39. The number of ether oxygens (including phenoxy) is 3. The van der Waals surface area contributed by atoms with Crippen molar-refractivity contribution in [2.75, 3.05) is 13.2 Å². The molecule has 0 aliphatic heterocycles. The minimum absolute atomic E-state index is 0.0123. The van der Waals surface area contributed by atoms with Gasteiger partial charge in [0, 0.05) is 0 Å². The maximum atomic E-state index is 11.2. The highest BCUT2D eigenvalue weighted by molar-refractivity contribution is 7.12. The Balaban J connectivity index is 2.16. The Morgan fingerprint density at radius 3 is 2.50 bits per heavy atom. The van der Waals surface area contributed by atoms with E-state index in [1.165, 1.54) is 11.3 Å². The number of rotatable bonds is 5. The molecule has 0 fully saturated rings. The average Bonchev–Trinajstić information content (AvgIpc) is 2.69. The number of thiophene rings is 1. The maximum Gasteiger partial charge on any atom is 0.514 e. The summed E-state index contributed by atoms with van der Waals surface area (Å²) in [5, 5.41) is 2.35. The fraction of sp³-hybridized carbons (Fsp3) is 0.500. The van der Waals surface area contributed by atoms with Gasteiger partial charge in [-0.05, 0) is 23.9 Å². The Kier molecular flexibility index (Phi) is 5.64. The molecule has 18 heavy (non-hydrogen) atoms. The molecular formula is C12H16O5S. The molecule has 5 nitrogen and oxygen atoms in total. The highest BCUT2D eigenvalue weighted by atomic mass is 32.1. The normalized spacial score (nSPS) is 10.2. The maximum absolute atomic E-state index is 11.2. The van der Waals surface area contributed by atoms with Crippen molar-refractivity contribution in [2.24, 2.45) is 5.92 Å². The SMILES string of the molecule is Cc1csc(OC(=O)OCCOC(=O)C(C)C)c1. The molecule has 0 unspecified atom stereocenters. The van der Waals surface area contributed by atoms with Crippen LogP contribution in [-0.4, -0.2) is 25.3 Å². The van der Waals surface area contributed by atoms with Gasteiger partial charge in [-0.25, -0.2) is 4.79 Å². The molecular weight excluding hydrogens is 256 g/mol. The molecule has 0 spiro atoms. The molecule has 0 saturated heterocycles. The lowest BCUT2D eigenvalue weighted by molar-refractivity contribution is -0.148. The van der Waals surface area contributed by atoms with E-state index < -0.39 is 6.16 Å². The van der Waals surface area contributed by atoms with Crippen LogP contribution in [0.3, 0.4) is 0 Å². The Bertz CT molecular complexity index is 410. The third-order valence-corrected chi connectivity index (χ3v) is 2.83. The van der Waals surface area contributed by atoms with Gasteiger partial charge in [0.25, 0.3) is 0 Å². The van der Waals surface area contributed by atoms with Crippen molar-refractivity contribution in [3.63, 3.8) is 0 Å². The lowest BCUT2D eigenvalue weighted by Crippen LogP contribution is -2.18. The topological polar surface area (TPSA) is 61.8 Å². The number of hydrogen-bond acceptors (Lipinski definition) is 6. The Morgan fingerprint density at radius 1 is 1.28 bits per heavy atom. The molecule has 0 saturated carbocycles. The van der Waals surface area contributed by atoms with E-state index in [1.54, 1.807) is 19.9 Å². The number of aryl methyl sites for hydroxylation is 1. The van der Waals surface area contributed by atoms with Crippen LogP contribution < -0.4 is 4.74 Å². The Labute approximate surface area is 110 Å². The van der Waals surface area contributed by atoms with Crippen molar-refractivity contribution in [3.8, 4) is 5.06 Å². The van der Waals surface area contributed by atoms with Gasteiger partial charge in [0.05, 0.1) is 5.92 Å². The van der Waals surface area contributed by atoms with Gasteiger partial charge in [-0.1, -0.05) is 13.8 Å². The van der Waals surface area contributed by atoms with Crippen LogP contribution in [0.15, 0.2) is 11.4 Å². The zero-order chi connectivity index (χ0) is 13.5. The monoisotopic (exact) mass is 272 g/mol. The summed E-state index contributed by atoms with van der Waals surface area (Å²) >= 11 is 1.32. The highest BCUT2D eigenvalue weighted by Gasteiger charge is 2.10. The van der Waals surface area contributed by atoms with E-state index in [2.05, 4.69) is 0 Å². The smallest absolute Gasteiger partial charge is 0.462 e. The van der Waals surface area contributed by atoms with E-state index in [0.717, 1.165) is 5.56 Å².